The van der Waals surface area contributed by atoms with Crippen molar-refractivity contribution < 1.29 is 4.79 Å². The Labute approximate surface area is 129 Å². The van der Waals surface area contributed by atoms with E-state index < -0.39 is 0 Å². The summed E-state index contributed by atoms with van der Waals surface area (Å²) in [6.45, 7) is 6.87. The normalized spacial score (nSPS) is 11.2. The zero-order chi connectivity index (χ0) is 16.2. The van der Waals surface area contributed by atoms with Crippen LogP contribution < -0.4 is 10.9 Å². The molecule has 5 nitrogen and oxygen atoms in total. The molecular weight excluding hydrogens is 278 g/mol. The maximum Gasteiger partial charge on any atom is 0.261 e. The minimum Gasteiger partial charge on any atom is -0.352 e. The van der Waals surface area contributed by atoms with E-state index in [0.717, 1.165) is 12.0 Å². The molecule has 2 heterocycles. The molecule has 2 aromatic rings. The molecule has 0 radical (unpaired) electrons. The van der Waals surface area contributed by atoms with E-state index in [0.29, 0.717) is 12.2 Å². The van der Waals surface area contributed by atoms with Crippen LogP contribution in [0, 0.1) is 5.41 Å². The highest BCUT2D eigenvalue weighted by atomic mass is 16.2. The van der Waals surface area contributed by atoms with Crippen molar-refractivity contribution in [1.29, 1.82) is 0 Å². The molecule has 2 N–H and O–H groups in total. The second-order valence-electron chi connectivity index (χ2n) is 6.42. The monoisotopic (exact) mass is 299 g/mol. The van der Waals surface area contributed by atoms with Gasteiger partial charge in [-0.1, -0.05) is 20.8 Å². The highest BCUT2D eigenvalue weighted by molar-refractivity contribution is 5.94. The van der Waals surface area contributed by atoms with Crippen molar-refractivity contribution in [3.8, 4) is 11.3 Å². The number of nitrogens with zero attached hydrogens (tertiary/aromatic N) is 1. The molecule has 1 amide bonds. The summed E-state index contributed by atoms with van der Waals surface area (Å²) < 4.78 is 0. The molecule has 0 aromatic carbocycles. The molecule has 0 aliphatic heterocycles. The summed E-state index contributed by atoms with van der Waals surface area (Å²) in [5, 5.41) is 2.79. The number of aromatic amines is 1. The Kier molecular flexibility index (Phi) is 4.75. The van der Waals surface area contributed by atoms with E-state index in [1.54, 1.807) is 36.7 Å². The van der Waals surface area contributed by atoms with Gasteiger partial charge in [-0.25, -0.2) is 0 Å². The van der Waals surface area contributed by atoms with Gasteiger partial charge >= 0.3 is 0 Å². The number of H-pyrrole nitrogens is 1. The van der Waals surface area contributed by atoms with Crippen LogP contribution in [0.1, 0.15) is 37.6 Å². The van der Waals surface area contributed by atoms with Crippen LogP contribution in [0.5, 0.6) is 0 Å². The first kappa shape index (κ1) is 15.9. The van der Waals surface area contributed by atoms with Gasteiger partial charge < -0.3 is 10.3 Å². The average Bonchev–Trinajstić information content (AvgIpc) is 2.46. The standard InChI is InChI=1S/C17H21N3O2/c1-17(2,3)8-11-19-15(21)13-4-5-14(20-16(13)22)12-6-9-18-10-7-12/h4-7,9-10H,8,11H2,1-3H3,(H,19,21)(H,20,22). The Morgan fingerprint density at radius 2 is 1.86 bits per heavy atom. The second kappa shape index (κ2) is 6.56. The molecule has 0 saturated carbocycles. The molecule has 5 heteroatoms. The lowest BCUT2D eigenvalue weighted by Crippen LogP contribution is -2.31. The molecule has 0 bridgehead atoms. The van der Waals surface area contributed by atoms with Crippen LogP contribution in [0.25, 0.3) is 11.3 Å². The van der Waals surface area contributed by atoms with Crippen molar-refractivity contribution in [2.45, 2.75) is 27.2 Å². The lowest BCUT2D eigenvalue weighted by Gasteiger charge is -2.17. The van der Waals surface area contributed by atoms with E-state index in [1.165, 1.54) is 0 Å². The number of aromatic nitrogens is 2. The number of nitrogens with one attached hydrogen (secondary N) is 2. The largest absolute Gasteiger partial charge is 0.352 e. The molecule has 0 saturated heterocycles. The number of carbonyl (C=O) groups excluding carboxylic acids is 1. The SMILES string of the molecule is CC(C)(C)CCNC(=O)c1ccc(-c2ccncc2)[nH]c1=O. The van der Waals surface area contributed by atoms with Crippen LogP contribution in [0.15, 0.2) is 41.5 Å². The third-order valence-electron chi connectivity index (χ3n) is 3.31. The molecule has 0 atom stereocenters. The first-order valence-corrected chi connectivity index (χ1v) is 7.29. The third-order valence-corrected chi connectivity index (χ3v) is 3.31. The fraction of sp³-hybridized carbons (Fsp3) is 0.353. The molecule has 2 aromatic heterocycles. The van der Waals surface area contributed by atoms with Gasteiger partial charge in [-0.2, -0.15) is 0 Å². The molecule has 0 spiro atoms. The van der Waals surface area contributed by atoms with Crippen molar-refractivity contribution in [3.63, 3.8) is 0 Å². The Hall–Kier alpha value is -2.43. The quantitative estimate of drug-likeness (QED) is 0.911. The lowest BCUT2D eigenvalue weighted by molar-refractivity contribution is 0.0948. The van der Waals surface area contributed by atoms with Crippen LogP contribution in [-0.2, 0) is 0 Å². The van der Waals surface area contributed by atoms with Crippen LogP contribution in [0.3, 0.4) is 0 Å². The molecular formula is C17H21N3O2. The summed E-state index contributed by atoms with van der Waals surface area (Å²) in [5.74, 6) is -0.341. The maximum atomic E-state index is 12.1. The number of hydrogen-bond donors (Lipinski definition) is 2. The van der Waals surface area contributed by atoms with E-state index in [9.17, 15) is 9.59 Å². The summed E-state index contributed by atoms with van der Waals surface area (Å²) in [6.07, 6.45) is 4.16. The number of rotatable bonds is 4. The molecule has 0 fully saturated rings. The number of amides is 1. The molecule has 0 unspecified atom stereocenters. The van der Waals surface area contributed by atoms with Crippen molar-refractivity contribution in [3.05, 3.63) is 52.6 Å². The van der Waals surface area contributed by atoms with Gasteiger partial charge in [0.15, 0.2) is 0 Å². The third kappa shape index (κ3) is 4.28. The van der Waals surface area contributed by atoms with E-state index in [1.807, 2.05) is 0 Å². The Bertz CT molecular complexity index is 700. The molecule has 0 aliphatic carbocycles. The molecule has 2 rings (SSSR count). The molecule has 22 heavy (non-hydrogen) atoms. The lowest BCUT2D eigenvalue weighted by atomic mass is 9.92. The molecule has 116 valence electrons. The molecule has 0 aliphatic rings. The van der Waals surface area contributed by atoms with Crippen molar-refractivity contribution in [2.75, 3.05) is 6.54 Å². The maximum absolute atomic E-state index is 12.1. The van der Waals surface area contributed by atoms with E-state index in [-0.39, 0.29) is 22.4 Å². The van der Waals surface area contributed by atoms with Crippen LogP contribution in [-0.4, -0.2) is 22.4 Å². The second-order valence-corrected chi connectivity index (χ2v) is 6.42. The smallest absolute Gasteiger partial charge is 0.261 e. The number of pyridine rings is 2. The Balaban J connectivity index is 2.10. The highest BCUT2D eigenvalue weighted by Crippen LogP contribution is 2.17. The van der Waals surface area contributed by atoms with Crippen molar-refractivity contribution in [1.82, 2.24) is 15.3 Å². The van der Waals surface area contributed by atoms with Gasteiger partial charge in [-0.3, -0.25) is 14.6 Å². The minimum absolute atomic E-state index is 0.131. The van der Waals surface area contributed by atoms with Crippen LogP contribution in [0.4, 0.5) is 0 Å². The van der Waals surface area contributed by atoms with E-state index in [2.05, 4.69) is 36.1 Å². The topological polar surface area (TPSA) is 74.8 Å². The fourth-order valence-electron chi connectivity index (χ4n) is 2.00. The Morgan fingerprint density at radius 1 is 1.18 bits per heavy atom. The fourth-order valence-corrected chi connectivity index (χ4v) is 2.00. The number of carbonyl (C=O) groups is 1. The van der Waals surface area contributed by atoms with E-state index in [4.69, 9.17) is 0 Å². The first-order valence-electron chi connectivity index (χ1n) is 7.29. The Morgan fingerprint density at radius 3 is 2.45 bits per heavy atom. The van der Waals surface area contributed by atoms with E-state index >= 15 is 0 Å². The summed E-state index contributed by atoms with van der Waals surface area (Å²) >= 11 is 0. The van der Waals surface area contributed by atoms with Gasteiger partial charge in [-0.15, -0.1) is 0 Å². The van der Waals surface area contributed by atoms with Crippen LogP contribution in [0.2, 0.25) is 0 Å². The van der Waals surface area contributed by atoms with Gasteiger partial charge in [0.05, 0.1) is 0 Å². The highest BCUT2D eigenvalue weighted by Gasteiger charge is 2.14. The minimum atomic E-state index is -0.387. The average molecular weight is 299 g/mol. The predicted molar refractivity (Wildman–Crippen MR) is 86.7 cm³/mol. The van der Waals surface area contributed by atoms with Gasteiger partial charge in [-0.05, 0) is 36.1 Å². The zero-order valence-corrected chi connectivity index (χ0v) is 13.1. The summed E-state index contributed by atoms with van der Waals surface area (Å²) in [7, 11) is 0. The van der Waals surface area contributed by atoms with Crippen molar-refractivity contribution >= 4 is 5.91 Å². The van der Waals surface area contributed by atoms with Gasteiger partial charge in [0.2, 0.25) is 0 Å². The van der Waals surface area contributed by atoms with Crippen LogP contribution >= 0.6 is 0 Å². The number of hydrogen-bond acceptors (Lipinski definition) is 3. The summed E-state index contributed by atoms with van der Waals surface area (Å²) in [4.78, 5) is 30.8. The summed E-state index contributed by atoms with van der Waals surface area (Å²) in [6, 6.07) is 6.89. The van der Waals surface area contributed by atoms with Gasteiger partial charge in [0.1, 0.15) is 5.56 Å². The van der Waals surface area contributed by atoms with Gasteiger partial charge in [0, 0.05) is 30.2 Å². The predicted octanol–water partition coefficient (Wildman–Crippen LogP) is 2.60. The first-order chi connectivity index (χ1) is 10.4. The van der Waals surface area contributed by atoms with Gasteiger partial charge in [0.25, 0.3) is 11.5 Å². The van der Waals surface area contributed by atoms with Crippen molar-refractivity contribution in [2.24, 2.45) is 5.41 Å². The zero-order valence-electron chi connectivity index (χ0n) is 13.1. The summed E-state index contributed by atoms with van der Waals surface area (Å²) in [5.41, 5.74) is 1.41.